The van der Waals surface area contributed by atoms with Crippen molar-refractivity contribution >= 4 is 15.1 Å². The van der Waals surface area contributed by atoms with Crippen molar-refractivity contribution in [2.24, 2.45) is 0 Å². The summed E-state index contributed by atoms with van der Waals surface area (Å²) in [4.78, 5) is 22.7. The topological polar surface area (TPSA) is 68.2 Å². The number of carbonyl (C=O) groups is 1. The van der Waals surface area contributed by atoms with Crippen LogP contribution in [0.2, 0.25) is 0 Å². The fourth-order valence-electron chi connectivity index (χ4n) is 4.05. The van der Waals surface area contributed by atoms with E-state index in [9.17, 15) is 9.69 Å². The molecule has 0 heterocycles. The molecule has 0 aromatic heterocycles. The Labute approximate surface area is 212 Å². The molecule has 2 unspecified atom stereocenters. The van der Waals surface area contributed by atoms with E-state index in [0.717, 1.165) is 38.6 Å². The fourth-order valence-corrected chi connectivity index (χ4v) is 4.70. The Balaban J connectivity index is 3.49. The van der Waals surface area contributed by atoms with Gasteiger partial charge in [0.1, 0.15) is 6.10 Å². The summed E-state index contributed by atoms with van der Waals surface area (Å²) in [6, 6.07) is 0. The quantitative estimate of drug-likeness (QED) is 0.0665. The van der Waals surface area contributed by atoms with Gasteiger partial charge in [0, 0.05) is 0 Å². The molecule has 0 aliphatic rings. The maximum absolute atomic E-state index is 10.8. The molecule has 204 valence electrons. The van der Waals surface area contributed by atoms with Crippen LogP contribution >= 0.6 is 8.60 Å². The van der Waals surface area contributed by atoms with Gasteiger partial charge in [-0.15, -0.1) is 0 Å². The van der Waals surface area contributed by atoms with Crippen molar-refractivity contribution in [3.63, 3.8) is 0 Å². The van der Waals surface area contributed by atoms with E-state index in [4.69, 9.17) is 13.8 Å². The van der Waals surface area contributed by atoms with Crippen molar-refractivity contribution in [2.45, 2.75) is 135 Å². The van der Waals surface area contributed by atoms with E-state index >= 15 is 0 Å². The molecule has 0 saturated heterocycles. The van der Waals surface area contributed by atoms with Crippen LogP contribution in [0.3, 0.4) is 0 Å². The van der Waals surface area contributed by atoms with Crippen LogP contribution < -0.4 is 0 Å². The van der Waals surface area contributed by atoms with Crippen LogP contribution in [0.4, 0.5) is 0 Å². The van der Waals surface area contributed by atoms with E-state index in [1.165, 1.54) is 89.9 Å². The third-order valence-electron chi connectivity index (χ3n) is 6.20. The van der Waals surface area contributed by atoms with Gasteiger partial charge < -0.3 is 23.6 Å². The van der Waals surface area contributed by atoms with Crippen molar-refractivity contribution < 1.29 is 23.5 Å². The van der Waals surface area contributed by atoms with Gasteiger partial charge in [0.05, 0.1) is 13.2 Å². The van der Waals surface area contributed by atoms with Gasteiger partial charge >= 0.3 is 8.60 Å². The van der Waals surface area contributed by atoms with Gasteiger partial charge in [0.25, 0.3) is 6.47 Å². The molecule has 1 N–H and O–H groups in total. The van der Waals surface area contributed by atoms with Crippen molar-refractivity contribution in [2.75, 3.05) is 33.9 Å². The Hall–Kier alpha value is -0.260. The monoisotopic (exact) mass is 505 g/mol. The lowest BCUT2D eigenvalue weighted by molar-refractivity contribution is -0.135. The normalized spacial score (nSPS) is 13.3. The van der Waals surface area contributed by atoms with Gasteiger partial charge in [-0.3, -0.25) is 4.79 Å². The number of nitrogens with zero attached hydrogens (tertiary/aromatic N) is 1. The minimum atomic E-state index is -1.90. The van der Waals surface area contributed by atoms with Crippen LogP contribution in [0.15, 0.2) is 0 Å². The zero-order chi connectivity index (χ0) is 25.1. The molecule has 7 heteroatoms. The number of unbranched alkanes of at least 4 members (excludes halogenated alkanes) is 16. The molecule has 0 amide bonds. The summed E-state index contributed by atoms with van der Waals surface area (Å²) in [6.07, 6.45) is 23.8. The molecule has 0 aromatic rings. The average Bonchev–Trinajstić information content (AvgIpc) is 2.81. The first-order chi connectivity index (χ1) is 16.6. The largest absolute Gasteiger partial charge is 0.462 e. The molecule has 0 radical (unpaired) electrons. The van der Waals surface area contributed by atoms with Gasteiger partial charge in [-0.1, -0.05) is 103 Å². The number of rotatable bonds is 28. The lowest BCUT2D eigenvalue weighted by Crippen LogP contribution is -2.18. The zero-order valence-electron chi connectivity index (χ0n) is 22.7. The minimum absolute atomic E-state index is 0.192. The van der Waals surface area contributed by atoms with Crippen LogP contribution in [0.1, 0.15) is 129 Å². The van der Waals surface area contributed by atoms with Crippen LogP contribution in [0.5, 0.6) is 0 Å². The molecule has 34 heavy (non-hydrogen) atoms. The average molecular weight is 506 g/mol. The molecule has 0 rings (SSSR count). The van der Waals surface area contributed by atoms with Crippen molar-refractivity contribution in [1.82, 2.24) is 4.90 Å². The van der Waals surface area contributed by atoms with Crippen LogP contribution in [0.25, 0.3) is 0 Å². The van der Waals surface area contributed by atoms with Gasteiger partial charge in [-0.2, -0.15) is 0 Å². The summed E-state index contributed by atoms with van der Waals surface area (Å²) < 4.78 is 15.8. The maximum Gasteiger partial charge on any atom is 0.329 e. The molecule has 6 nitrogen and oxygen atoms in total. The van der Waals surface area contributed by atoms with E-state index in [2.05, 4.69) is 11.8 Å². The Morgan fingerprint density at radius 2 is 1.24 bits per heavy atom. The van der Waals surface area contributed by atoms with Crippen molar-refractivity contribution in [1.29, 1.82) is 0 Å². The van der Waals surface area contributed by atoms with Gasteiger partial charge in [0.15, 0.2) is 0 Å². The highest BCUT2D eigenvalue weighted by molar-refractivity contribution is 7.40. The number of hydrogen-bond donors (Lipinski definition) is 1. The van der Waals surface area contributed by atoms with Gasteiger partial charge in [-0.25, -0.2) is 0 Å². The highest BCUT2D eigenvalue weighted by Gasteiger charge is 2.14. The molecular formula is C27H56NO5P. The van der Waals surface area contributed by atoms with E-state index in [1.54, 1.807) is 0 Å². The summed E-state index contributed by atoms with van der Waals surface area (Å²) >= 11 is 0. The van der Waals surface area contributed by atoms with Crippen LogP contribution in [-0.4, -0.2) is 56.2 Å². The Morgan fingerprint density at radius 1 is 0.735 bits per heavy atom. The highest BCUT2D eigenvalue weighted by Crippen LogP contribution is 2.33. The second kappa shape index (κ2) is 27.3. The number of hydrogen-bond acceptors (Lipinski definition) is 6. The first kappa shape index (κ1) is 33.7. The molecule has 0 saturated carbocycles. The Bertz CT molecular complexity index is 414. The zero-order valence-corrected chi connectivity index (χ0v) is 23.6. The maximum atomic E-state index is 10.8. The summed E-state index contributed by atoms with van der Waals surface area (Å²) in [5.74, 6) is 0. The lowest BCUT2D eigenvalue weighted by Gasteiger charge is -2.17. The smallest absolute Gasteiger partial charge is 0.329 e. The van der Waals surface area contributed by atoms with E-state index in [-0.39, 0.29) is 12.7 Å². The fraction of sp³-hybridized carbons (Fsp3) is 0.963. The SMILES string of the molecule is CCCCCCCCCCCCCCCCCCC(COP(O)OCCCCN(C)C)OC=O. The third kappa shape index (κ3) is 26.3. The van der Waals surface area contributed by atoms with E-state index < -0.39 is 8.60 Å². The second-order valence-corrected chi connectivity index (χ2v) is 10.8. The molecule has 0 bridgehead atoms. The predicted molar refractivity (Wildman–Crippen MR) is 144 cm³/mol. The standard InChI is InChI=1S/C27H56NO5P/c1-4-5-6-7-8-9-10-11-12-13-14-15-16-17-18-19-22-27(31-26-29)25-33-34(30)32-24-21-20-23-28(2)3/h26-27,30H,4-25H2,1-3H3. The van der Waals surface area contributed by atoms with Crippen LogP contribution in [-0.2, 0) is 18.6 Å². The van der Waals surface area contributed by atoms with Gasteiger partial charge in [0.2, 0.25) is 0 Å². The summed E-state index contributed by atoms with van der Waals surface area (Å²) in [6.45, 7) is 4.42. The molecule has 2 atom stereocenters. The molecule has 0 spiro atoms. The first-order valence-electron chi connectivity index (χ1n) is 14.1. The predicted octanol–water partition coefficient (Wildman–Crippen LogP) is 7.77. The van der Waals surface area contributed by atoms with Gasteiger partial charge in [-0.05, 0) is 46.3 Å². The Kier molecular flexibility index (Phi) is 27.1. The molecule has 0 aromatic carbocycles. The molecule has 0 aliphatic carbocycles. The van der Waals surface area contributed by atoms with Crippen molar-refractivity contribution in [3.05, 3.63) is 0 Å². The Morgan fingerprint density at radius 3 is 1.71 bits per heavy atom. The van der Waals surface area contributed by atoms with E-state index in [1.807, 2.05) is 14.1 Å². The van der Waals surface area contributed by atoms with Crippen molar-refractivity contribution in [3.8, 4) is 0 Å². The third-order valence-corrected chi connectivity index (χ3v) is 6.97. The number of ether oxygens (including phenoxy) is 1. The minimum Gasteiger partial charge on any atom is -0.462 e. The highest BCUT2D eigenvalue weighted by atomic mass is 31.2. The summed E-state index contributed by atoms with van der Waals surface area (Å²) in [7, 11) is 2.17. The second-order valence-electron chi connectivity index (χ2n) is 9.82. The molecular weight excluding hydrogens is 449 g/mol. The van der Waals surface area contributed by atoms with E-state index in [0.29, 0.717) is 13.1 Å². The summed E-state index contributed by atoms with van der Waals surface area (Å²) in [5, 5.41) is 0. The molecule has 0 aliphatic heterocycles. The molecule has 0 fully saturated rings. The first-order valence-corrected chi connectivity index (χ1v) is 15.2. The number of carbonyl (C=O) groups excluding carboxylic acids is 1. The lowest BCUT2D eigenvalue weighted by atomic mass is 10.0. The summed E-state index contributed by atoms with van der Waals surface area (Å²) in [5.41, 5.74) is 0. The van der Waals surface area contributed by atoms with Crippen LogP contribution in [0, 0.1) is 0 Å².